The zero-order chi connectivity index (χ0) is 9.97. The number of fused-ring (bicyclic) bond motifs is 1. The molecule has 0 aliphatic carbocycles. The number of hydrogen-bond donors (Lipinski definition) is 1. The minimum Gasteiger partial charge on any atom is -0.383 e. The number of aromatic nitrogens is 1. The Labute approximate surface area is 83.1 Å². The lowest BCUT2D eigenvalue weighted by atomic mass is 10.1. The molecule has 1 heterocycles. The Hall–Kier alpha value is -1.83. The van der Waals surface area contributed by atoms with Crippen LogP contribution in [0.5, 0.6) is 0 Å². The molecule has 1 aromatic carbocycles. The number of nitrogens with two attached hydrogens (primary N) is 1. The summed E-state index contributed by atoms with van der Waals surface area (Å²) in [6.07, 6.45) is 2.59. The number of hydrogen-bond acceptors (Lipinski definition) is 2. The molecule has 0 spiro atoms. The highest BCUT2D eigenvalue weighted by Gasteiger charge is 2.00. The molecule has 0 aliphatic rings. The molecule has 0 aliphatic heterocycles. The molecule has 70 valence electrons. The van der Waals surface area contributed by atoms with Gasteiger partial charge in [-0.3, -0.25) is 0 Å². The van der Waals surface area contributed by atoms with E-state index in [0.29, 0.717) is 5.82 Å². The summed E-state index contributed by atoms with van der Waals surface area (Å²) in [4.78, 5) is 4.30. The summed E-state index contributed by atoms with van der Waals surface area (Å²) in [7, 11) is 0. The molecule has 0 bridgehead atoms. The first-order valence-corrected chi connectivity index (χ1v) is 4.56. The van der Waals surface area contributed by atoms with Crippen molar-refractivity contribution in [3.8, 4) is 0 Å². The molecule has 0 unspecified atom stereocenters. The summed E-state index contributed by atoms with van der Waals surface area (Å²) in [5.74, 6) is 0.597. The Morgan fingerprint density at radius 3 is 2.93 bits per heavy atom. The van der Waals surface area contributed by atoms with Crippen molar-refractivity contribution >= 4 is 16.6 Å². The summed E-state index contributed by atoms with van der Waals surface area (Å²) in [5.41, 5.74) is 6.81. The van der Waals surface area contributed by atoms with Gasteiger partial charge in [0.25, 0.3) is 0 Å². The molecule has 0 saturated heterocycles. The molecule has 0 saturated carbocycles. The highest BCUT2D eigenvalue weighted by atomic mass is 14.8. The zero-order valence-electron chi connectivity index (χ0n) is 7.90. The molecule has 0 atom stereocenters. The number of rotatable bonds is 2. The third kappa shape index (κ3) is 1.46. The fourth-order valence-electron chi connectivity index (χ4n) is 1.54. The topological polar surface area (TPSA) is 38.9 Å². The Bertz CT molecular complexity index is 475. The fraction of sp³-hybridized carbons (Fsp3) is 0.0833. The zero-order valence-corrected chi connectivity index (χ0v) is 7.90. The fourth-order valence-corrected chi connectivity index (χ4v) is 1.54. The van der Waals surface area contributed by atoms with E-state index in [1.54, 1.807) is 0 Å². The highest BCUT2D eigenvalue weighted by Crippen LogP contribution is 2.20. The molecule has 2 nitrogen and oxygen atoms in total. The standard InChI is InChI=1S/C12H12N2/c1-2-5-10-8-9-6-3-4-7-11(9)12(13)14-10/h2-4,6-8H,1,5H2,(H2,13,14). The molecule has 14 heavy (non-hydrogen) atoms. The van der Waals surface area contributed by atoms with Crippen LogP contribution in [0.3, 0.4) is 0 Å². The SMILES string of the molecule is C=CCc1cc2ccccc2c(N)n1. The van der Waals surface area contributed by atoms with Crippen molar-refractivity contribution in [3.05, 3.63) is 48.7 Å². The van der Waals surface area contributed by atoms with Crippen molar-refractivity contribution in [1.82, 2.24) is 4.98 Å². The Kier molecular flexibility index (Phi) is 2.19. The lowest BCUT2D eigenvalue weighted by molar-refractivity contribution is 1.13. The molecule has 2 aromatic rings. The van der Waals surface area contributed by atoms with Crippen LogP contribution in [0, 0.1) is 0 Å². The van der Waals surface area contributed by atoms with Gasteiger partial charge in [0.1, 0.15) is 5.82 Å². The smallest absolute Gasteiger partial charge is 0.131 e. The van der Waals surface area contributed by atoms with E-state index < -0.39 is 0 Å². The quantitative estimate of drug-likeness (QED) is 0.728. The largest absolute Gasteiger partial charge is 0.383 e. The maximum Gasteiger partial charge on any atom is 0.131 e. The van der Waals surface area contributed by atoms with E-state index >= 15 is 0 Å². The summed E-state index contributed by atoms with van der Waals surface area (Å²) in [5, 5.41) is 2.15. The van der Waals surface area contributed by atoms with E-state index in [-0.39, 0.29) is 0 Å². The summed E-state index contributed by atoms with van der Waals surface area (Å²) in [6.45, 7) is 3.68. The second-order valence-electron chi connectivity index (χ2n) is 3.21. The molecule has 2 rings (SSSR count). The van der Waals surface area contributed by atoms with Gasteiger partial charge in [0, 0.05) is 17.5 Å². The van der Waals surface area contributed by atoms with Crippen molar-refractivity contribution < 1.29 is 0 Å². The normalized spacial score (nSPS) is 10.3. The lowest BCUT2D eigenvalue weighted by Gasteiger charge is -2.03. The van der Waals surface area contributed by atoms with Gasteiger partial charge in [-0.2, -0.15) is 0 Å². The number of pyridine rings is 1. The van der Waals surface area contributed by atoms with Crippen LogP contribution in [0.2, 0.25) is 0 Å². The predicted molar refractivity (Wildman–Crippen MR) is 60.1 cm³/mol. The molecule has 2 N–H and O–H groups in total. The van der Waals surface area contributed by atoms with Gasteiger partial charge in [0.05, 0.1) is 0 Å². The minimum absolute atomic E-state index is 0.597. The number of allylic oxidation sites excluding steroid dienone is 1. The van der Waals surface area contributed by atoms with Gasteiger partial charge >= 0.3 is 0 Å². The van der Waals surface area contributed by atoms with Crippen molar-refractivity contribution in [2.45, 2.75) is 6.42 Å². The Morgan fingerprint density at radius 2 is 2.14 bits per heavy atom. The summed E-state index contributed by atoms with van der Waals surface area (Å²) in [6, 6.07) is 10.0. The maximum atomic E-state index is 5.84. The summed E-state index contributed by atoms with van der Waals surface area (Å²) >= 11 is 0. The van der Waals surface area contributed by atoms with E-state index in [4.69, 9.17) is 5.73 Å². The number of benzene rings is 1. The molecular formula is C12H12N2. The summed E-state index contributed by atoms with van der Waals surface area (Å²) < 4.78 is 0. The minimum atomic E-state index is 0.597. The average Bonchev–Trinajstić information content (AvgIpc) is 2.18. The Morgan fingerprint density at radius 1 is 1.36 bits per heavy atom. The lowest BCUT2D eigenvalue weighted by Crippen LogP contribution is -1.96. The molecule has 2 heteroatoms. The van der Waals surface area contributed by atoms with E-state index in [0.717, 1.165) is 22.9 Å². The predicted octanol–water partition coefficient (Wildman–Crippen LogP) is 2.55. The van der Waals surface area contributed by atoms with Gasteiger partial charge in [-0.05, 0) is 11.5 Å². The van der Waals surface area contributed by atoms with Crippen LogP contribution in [0.1, 0.15) is 5.69 Å². The monoisotopic (exact) mass is 184 g/mol. The number of anilines is 1. The van der Waals surface area contributed by atoms with Crippen LogP contribution in [0.25, 0.3) is 10.8 Å². The second-order valence-corrected chi connectivity index (χ2v) is 3.21. The van der Waals surface area contributed by atoms with Crippen LogP contribution in [0.4, 0.5) is 5.82 Å². The van der Waals surface area contributed by atoms with Crippen molar-refractivity contribution in [3.63, 3.8) is 0 Å². The van der Waals surface area contributed by atoms with Gasteiger partial charge in [-0.15, -0.1) is 6.58 Å². The molecule has 0 radical (unpaired) electrons. The van der Waals surface area contributed by atoms with E-state index in [9.17, 15) is 0 Å². The van der Waals surface area contributed by atoms with E-state index in [1.807, 2.05) is 36.4 Å². The third-order valence-electron chi connectivity index (χ3n) is 2.18. The molecular weight excluding hydrogens is 172 g/mol. The van der Waals surface area contributed by atoms with Crippen molar-refractivity contribution in [2.75, 3.05) is 5.73 Å². The molecule has 1 aromatic heterocycles. The average molecular weight is 184 g/mol. The van der Waals surface area contributed by atoms with Crippen LogP contribution in [-0.4, -0.2) is 4.98 Å². The first kappa shape index (κ1) is 8.75. The maximum absolute atomic E-state index is 5.84. The molecule has 0 amide bonds. The van der Waals surface area contributed by atoms with Crippen molar-refractivity contribution in [2.24, 2.45) is 0 Å². The second kappa shape index (κ2) is 3.50. The van der Waals surface area contributed by atoms with Crippen LogP contribution in [-0.2, 0) is 6.42 Å². The number of nitrogens with zero attached hydrogens (tertiary/aromatic N) is 1. The highest BCUT2D eigenvalue weighted by molar-refractivity contribution is 5.91. The van der Waals surface area contributed by atoms with Gasteiger partial charge in [0.15, 0.2) is 0 Å². The Balaban J connectivity index is 2.65. The first-order valence-electron chi connectivity index (χ1n) is 4.56. The van der Waals surface area contributed by atoms with Gasteiger partial charge in [0.2, 0.25) is 0 Å². The third-order valence-corrected chi connectivity index (χ3v) is 2.18. The van der Waals surface area contributed by atoms with Gasteiger partial charge in [-0.1, -0.05) is 30.3 Å². The van der Waals surface area contributed by atoms with E-state index in [2.05, 4.69) is 11.6 Å². The first-order chi connectivity index (χ1) is 6.81. The van der Waals surface area contributed by atoms with Crippen LogP contribution < -0.4 is 5.73 Å². The van der Waals surface area contributed by atoms with Gasteiger partial charge < -0.3 is 5.73 Å². The van der Waals surface area contributed by atoms with Crippen LogP contribution in [0.15, 0.2) is 43.0 Å². The molecule has 0 fully saturated rings. The van der Waals surface area contributed by atoms with Crippen LogP contribution >= 0.6 is 0 Å². The van der Waals surface area contributed by atoms with Gasteiger partial charge in [-0.25, -0.2) is 4.98 Å². The number of nitrogen functional groups attached to an aromatic ring is 1. The van der Waals surface area contributed by atoms with Crippen molar-refractivity contribution in [1.29, 1.82) is 0 Å². The van der Waals surface area contributed by atoms with E-state index in [1.165, 1.54) is 0 Å².